The van der Waals surface area contributed by atoms with E-state index in [2.05, 4.69) is 34.8 Å². The van der Waals surface area contributed by atoms with Gasteiger partial charge >= 0.3 is 0 Å². The summed E-state index contributed by atoms with van der Waals surface area (Å²) in [6.45, 7) is 6.69. The lowest BCUT2D eigenvalue weighted by Crippen LogP contribution is -2.32. The smallest absolute Gasteiger partial charge is 0.227 e. The molecule has 38 heavy (non-hydrogen) atoms. The van der Waals surface area contributed by atoms with Crippen LogP contribution in [0.2, 0.25) is 5.02 Å². The maximum absolute atomic E-state index is 13.2. The molecule has 2 aliphatic heterocycles. The molecule has 0 N–H and O–H groups in total. The van der Waals surface area contributed by atoms with Crippen molar-refractivity contribution >= 4 is 34.2 Å². The van der Waals surface area contributed by atoms with Gasteiger partial charge in [-0.25, -0.2) is 4.98 Å². The molecular formula is C29H31ClN4O4. The largest absolute Gasteiger partial charge is 0.495 e. The van der Waals surface area contributed by atoms with Gasteiger partial charge in [0.15, 0.2) is 0 Å². The number of fused-ring (bicyclic) bond motifs is 1. The highest BCUT2D eigenvalue weighted by molar-refractivity contribution is 6.32. The summed E-state index contributed by atoms with van der Waals surface area (Å²) in [5, 5.41) is 4.60. The fourth-order valence-corrected chi connectivity index (χ4v) is 6.30. The Bertz CT molecular complexity index is 1510. The number of halogens is 1. The Hall–Kier alpha value is -3.36. The minimum atomic E-state index is -0.208. The number of carbonyl (C=O) groups excluding carboxylic acids is 1. The Balaban J connectivity index is 1.50. The SMILES string of the molecule is COc1ccc(N2C(=O)CC[C@H]2c2nc3cc(-c4c(C)noc4C)ccc3n2C2CCOC(C)C2)cc1Cl. The molecule has 1 amide bonds. The van der Waals surface area contributed by atoms with Crippen LogP contribution in [0, 0.1) is 13.8 Å². The third-order valence-corrected chi connectivity index (χ3v) is 8.08. The molecule has 2 aliphatic rings. The lowest BCUT2D eigenvalue weighted by atomic mass is 10.0. The summed E-state index contributed by atoms with van der Waals surface area (Å²) in [5.74, 6) is 2.32. The van der Waals surface area contributed by atoms with Crippen LogP contribution in [0.25, 0.3) is 22.2 Å². The number of aryl methyl sites for hydroxylation is 2. The van der Waals surface area contributed by atoms with Gasteiger partial charge in [-0.3, -0.25) is 4.79 Å². The second kappa shape index (κ2) is 9.75. The number of hydrogen-bond donors (Lipinski definition) is 0. The summed E-state index contributed by atoms with van der Waals surface area (Å²) < 4.78 is 19.0. The molecule has 4 aromatic rings. The molecule has 3 atom stereocenters. The summed E-state index contributed by atoms with van der Waals surface area (Å²) in [7, 11) is 1.58. The molecule has 0 radical (unpaired) electrons. The van der Waals surface area contributed by atoms with Gasteiger partial charge in [-0.15, -0.1) is 0 Å². The maximum Gasteiger partial charge on any atom is 0.227 e. The van der Waals surface area contributed by atoms with Crippen LogP contribution < -0.4 is 9.64 Å². The van der Waals surface area contributed by atoms with Gasteiger partial charge in [0.25, 0.3) is 0 Å². The van der Waals surface area contributed by atoms with E-state index < -0.39 is 0 Å². The van der Waals surface area contributed by atoms with E-state index in [9.17, 15) is 4.79 Å². The van der Waals surface area contributed by atoms with Gasteiger partial charge in [-0.2, -0.15) is 0 Å². The molecule has 2 aromatic heterocycles. The minimum Gasteiger partial charge on any atom is -0.495 e. The van der Waals surface area contributed by atoms with Crippen molar-refractivity contribution in [3.05, 3.63) is 58.7 Å². The van der Waals surface area contributed by atoms with Crippen molar-refractivity contribution in [2.45, 2.75) is 64.6 Å². The van der Waals surface area contributed by atoms with Crippen molar-refractivity contribution in [3.8, 4) is 16.9 Å². The number of ether oxygens (including phenoxy) is 2. The molecule has 2 unspecified atom stereocenters. The van der Waals surface area contributed by atoms with E-state index in [1.54, 1.807) is 19.2 Å². The monoisotopic (exact) mass is 534 g/mol. The molecule has 8 nitrogen and oxygen atoms in total. The van der Waals surface area contributed by atoms with Crippen LogP contribution in [0.5, 0.6) is 5.75 Å². The predicted molar refractivity (Wildman–Crippen MR) is 146 cm³/mol. The third kappa shape index (κ3) is 4.16. The molecule has 0 spiro atoms. The molecule has 0 aliphatic carbocycles. The first kappa shape index (κ1) is 24.9. The Morgan fingerprint density at radius 2 is 1.97 bits per heavy atom. The number of imidazole rings is 1. The number of rotatable bonds is 5. The average molecular weight is 535 g/mol. The normalized spacial score (nSPS) is 22.0. The fourth-order valence-electron chi connectivity index (χ4n) is 6.05. The molecule has 2 fully saturated rings. The molecule has 198 valence electrons. The molecule has 0 saturated carbocycles. The zero-order valence-electron chi connectivity index (χ0n) is 22.0. The van der Waals surface area contributed by atoms with Gasteiger partial charge in [-0.1, -0.05) is 22.8 Å². The molecule has 6 rings (SSSR count). The fraction of sp³-hybridized carbons (Fsp3) is 0.414. The molecule has 9 heteroatoms. The highest BCUT2D eigenvalue weighted by Gasteiger charge is 2.38. The number of nitrogens with zero attached hydrogens (tertiary/aromatic N) is 4. The average Bonchev–Trinajstić information content (AvgIpc) is 3.57. The van der Waals surface area contributed by atoms with E-state index in [1.165, 1.54) is 0 Å². The van der Waals surface area contributed by atoms with E-state index in [-0.39, 0.29) is 24.1 Å². The van der Waals surface area contributed by atoms with E-state index in [0.717, 1.165) is 58.0 Å². The standard InChI is InChI=1S/C29H31ClN4O4/c1-16-13-21(11-12-37-16)34-24-7-5-19(28-17(2)32-38-18(28)3)14-23(24)31-29(34)25-8-10-27(35)33(25)20-6-9-26(36-4)22(30)15-20/h5-7,9,14-16,21,25H,8,10-13H2,1-4H3/t16?,21?,25-/m0/s1. The molecule has 2 saturated heterocycles. The van der Waals surface area contributed by atoms with Crippen molar-refractivity contribution in [2.75, 3.05) is 18.6 Å². The lowest BCUT2D eigenvalue weighted by molar-refractivity contribution is -0.117. The number of amides is 1. The zero-order chi connectivity index (χ0) is 26.6. The summed E-state index contributed by atoms with van der Waals surface area (Å²) in [6.07, 6.45) is 3.07. The number of hydrogen-bond acceptors (Lipinski definition) is 6. The molecule has 0 bridgehead atoms. The topological polar surface area (TPSA) is 82.6 Å². The van der Waals surface area contributed by atoms with Crippen LogP contribution in [0.4, 0.5) is 5.69 Å². The zero-order valence-corrected chi connectivity index (χ0v) is 22.8. The first-order valence-electron chi connectivity index (χ1n) is 13.1. The maximum atomic E-state index is 13.2. The van der Waals surface area contributed by atoms with Crippen LogP contribution >= 0.6 is 11.6 Å². The van der Waals surface area contributed by atoms with Crippen LogP contribution in [0.15, 0.2) is 40.9 Å². The second-order valence-corrected chi connectivity index (χ2v) is 10.6. The summed E-state index contributed by atoms with van der Waals surface area (Å²) >= 11 is 6.46. The number of methoxy groups -OCH3 is 1. The molecule has 2 aromatic carbocycles. The van der Waals surface area contributed by atoms with Crippen LogP contribution in [-0.4, -0.2) is 40.4 Å². The van der Waals surface area contributed by atoms with Gasteiger partial charge in [0.05, 0.1) is 41.0 Å². The number of anilines is 1. The van der Waals surface area contributed by atoms with Gasteiger partial charge in [0.2, 0.25) is 5.91 Å². The highest BCUT2D eigenvalue weighted by atomic mass is 35.5. The van der Waals surface area contributed by atoms with E-state index in [4.69, 9.17) is 30.6 Å². The second-order valence-electron chi connectivity index (χ2n) is 10.2. The third-order valence-electron chi connectivity index (χ3n) is 7.79. The Morgan fingerprint density at radius 3 is 2.68 bits per heavy atom. The summed E-state index contributed by atoms with van der Waals surface area (Å²) in [5.41, 5.74) is 5.56. The Morgan fingerprint density at radius 1 is 1.13 bits per heavy atom. The number of carbonyl (C=O) groups is 1. The van der Waals surface area contributed by atoms with Crippen LogP contribution in [-0.2, 0) is 9.53 Å². The molecular weight excluding hydrogens is 504 g/mol. The van der Waals surface area contributed by atoms with Crippen LogP contribution in [0.3, 0.4) is 0 Å². The first-order chi connectivity index (χ1) is 18.4. The van der Waals surface area contributed by atoms with Crippen molar-refractivity contribution in [1.82, 2.24) is 14.7 Å². The summed E-state index contributed by atoms with van der Waals surface area (Å²) in [6, 6.07) is 11.9. The summed E-state index contributed by atoms with van der Waals surface area (Å²) in [4.78, 5) is 20.3. The van der Waals surface area contributed by atoms with Crippen molar-refractivity contribution in [3.63, 3.8) is 0 Å². The number of benzene rings is 2. The van der Waals surface area contributed by atoms with Gasteiger partial charge < -0.3 is 23.5 Å². The van der Waals surface area contributed by atoms with Gasteiger partial charge in [0, 0.05) is 30.3 Å². The Kier molecular flexibility index (Phi) is 6.40. The van der Waals surface area contributed by atoms with E-state index >= 15 is 0 Å². The quantitative estimate of drug-likeness (QED) is 0.287. The Labute approximate surface area is 226 Å². The predicted octanol–water partition coefficient (Wildman–Crippen LogP) is 6.58. The van der Waals surface area contributed by atoms with Crippen molar-refractivity contribution in [2.24, 2.45) is 0 Å². The van der Waals surface area contributed by atoms with E-state index in [1.807, 2.05) is 24.8 Å². The highest BCUT2D eigenvalue weighted by Crippen LogP contribution is 2.43. The van der Waals surface area contributed by atoms with Gasteiger partial charge in [-0.05, 0) is 75.9 Å². The van der Waals surface area contributed by atoms with Gasteiger partial charge in [0.1, 0.15) is 17.3 Å². The lowest BCUT2D eigenvalue weighted by Gasteiger charge is -2.32. The number of aromatic nitrogens is 3. The molecule has 4 heterocycles. The van der Waals surface area contributed by atoms with Crippen LogP contribution in [0.1, 0.15) is 62.0 Å². The minimum absolute atomic E-state index is 0.0617. The first-order valence-corrected chi connectivity index (χ1v) is 13.5. The van der Waals surface area contributed by atoms with E-state index in [0.29, 0.717) is 30.2 Å². The van der Waals surface area contributed by atoms with Crippen molar-refractivity contribution in [1.29, 1.82) is 0 Å². The van der Waals surface area contributed by atoms with Crippen molar-refractivity contribution < 1.29 is 18.8 Å².